The van der Waals surface area contributed by atoms with E-state index in [2.05, 4.69) is 15.0 Å². The molecule has 2 aromatic rings. The van der Waals surface area contributed by atoms with E-state index in [0.717, 1.165) is 31.1 Å². The summed E-state index contributed by atoms with van der Waals surface area (Å²) in [6, 6.07) is 6.44. The van der Waals surface area contributed by atoms with Crippen molar-refractivity contribution in [2.75, 3.05) is 18.0 Å². The molecule has 0 bridgehead atoms. The van der Waals surface area contributed by atoms with Crippen molar-refractivity contribution < 1.29 is 0 Å². The van der Waals surface area contributed by atoms with E-state index in [1.807, 2.05) is 28.9 Å². The highest BCUT2D eigenvalue weighted by molar-refractivity contribution is 5.45. The van der Waals surface area contributed by atoms with Crippen molar-refractivity contribution in [3.8, 4) is 0 Å². The van der Waals surface area contributed by atoms with Crippen LogP contribution in [0.5, 0.6) is 0 Å². The van der Waals surface area contributed by atoms with Crippen LogP contribution in [0, 0.1) is 0 Å². The number of nitrogens with zero attached hydrogens (tertiary/aromatic N) is 4. The lowest BCUT2D eigenvalue weighted by atomic mass is 10.00. The quantitative estimate of drug-likeness (QED) is 0.889. The van der Waals surface area contributed by atoms with Crippen molar-refractivity contribution in [3.05, 3.63) is 24.4 Å². The predicted molar refractivity (Wildman–Crippen MR) is 71.6 cm³/mol. The Morgan fingerprint density at radius 2 is 2.28 bits per heavy atom. The van der Waals surface area contributed by atoms with E-state index in [1.165, 1.54) is 19.3 Å². The highest BCUT2D eigenvalue weighted by atomic mass is 15.4. The SMILES string of the molecule is NCCC1CCCCN1c1nc2ccccn2n1. The molecule has 1 saturated heterocycles. The van der Waals surface area contributed by atoms with Gasteiger partial charge in [-0.1, -0.05) is 6.07 Å². The van der Waals surface area contributed by atoms with Gasteiger partial charge in [0.05, 0.1) is 0 Å². The molecular formula is C13H19N5. The number of hydrogen-bond donors (Lipinski definition) is 1. The van der Waals surface area contributed by atoms with Crippen molar-refractivity contribution in [2.45, 2.75) is 31.7 Å². The minimum absolute atomic E-state index is 0.501. The molecular weight excluding hydrogens is 226 g/mol. The number of aromatic nitrogens is 3. The fourth-order valence-electron chi connectivity index (χ4n) is 2.70. The molecule has 5 heteroatoms. The lowest BCUT2D eigenvalue weighted by molar-refractivity contribution is 0.435. The number of fused-ring (bicyclic) bond motifs is 1. The zero-order valence-electron chi connectivity index (χ0n) is 10.5. The van der Waals surface area contributed by atoms with Gasteiger partial charge in [-0.05, 0) is 44.4 Å². The Kier molecular flexibility index (Phi) is 3.15. The molecule has 3 heterocycles. The highest BCUT2D eigenvalue weighted by Gasteiger charge is 2.24. The summed E-state index contributed by atoms with van der Waals surface area (Å²) in [4.78, 5) is 6.93. The van der Waals surface area contributed by atoms with Gasteiger partial charge >= 0.3 is 0 Å². The van der Waals surface area contributed by atoms with Crippen molar-refractivity contribution in [3.63, 3.8) is 0 Å². The first kappa shape index (κ1) is 11.5. The summed E-state index contributed by atoms with van der Waals surface area (Å²) < 4.78 is 1.84. The van der Waals surface area contributed by atoms with Gasteiger partial charge in [0, 0.05) is 18.8 Å². The minimum Gasteiger partial charge on any atom is -0.336 e. The molecule has 1 fully saturated rings. The van der Waals surface area contributed by atoms with Crippen LogP contribution < -0.4 is 10.6 Å². The van der Waals surface area contributed by atoms with E-state index < -0.39 is 0 Å². The van der Waals surface area contributed by atoms with Crippen LogP contribution in [0.15, 0.2) is 24.4 Å². The average Bonchev–Trinajstić information content (AvgIpc) is 2.83. The van der Waals surface area contributed by atoms with Crippen molar-refractivity contribution in [1.29, 1.82) is 0 Å². The molecule has 1 aliphatic heterocycles. The molecule has 1 aliphatic rings. The third-order valence-corrected chi connectivity index (χ3v) is 3.61. The van der Waals surface area contributed by atoms with E-state index in [0.29, 0.717) is 6.04 Å². The van der Waals surface area contributed by atoms with Gasteiger partial charge in [-0.15, -0.1) is 5.10 Å². The molecule has 0 amide bonds. The minimum atomic E-state index is 0.501. The van der Waals surface area contributed by atoms with Gasteiger partial charge in [-0.25, -0.2) is 4.52 Å². The van der Waals surface area contributed by atoms with Gasteiger partial charge in [-0.2, -0.15) is 4.98 Å². The normalized spacial score (nSPS) is 20.5. The van der Waals surface area contributed by atoms with Gasteiger partial charge in [0.2, 0.25) is 5.95 Å². The number of piperidine rings is 1. The van der Waals surface area contributed by atoms with Crippen LogP contribution in [-0.4, -0.2) is 33.7 Å². The van der Waals surface area contributed by atoms with Gasteiger partial charge < -0.3 is 10.6 Å². The molecule has 2 N–H and O–H groups in total. The van der Waals surface area contributed by atoms with Gasteiger partial charge in [0.25, 0.3) is 0 Å². The maximum Gasteiger partial charge on any atom is 0.245 e. The highest BCUT2D eigenvalue weighted by Crippen LogP contribution is 2.24. The molecule has 1 unspecified atom stereocenters. The Labute approximate surface area is 107 Å². The van der Waals surface area contributed by atoms with Gasteiger partial charge in [0.1, 0.15) is 0 Å². The molecule has 0 spiro atoms. The fraction of sp³-hybridized carbons (Fsp3) is 0.538. The van der Waals surface area contributed by atoms with Crippen LogP contribution in [0.2, 0.25) is 0 Å². The summed E-state index contributed by atoms with van der Waals surface area (Å²) >= 11 is 0. The Hall–Kier alpha value is -1.62. The van der Waals surface area contributed by atoms with Crippen molar-refractivity contribution >= 4 is 11.6 Å². The smallest absolute Gasteiger partial charge is 0.245 e. The largest absolute Gasteiger partial charge is 0.336 e. The van der Waals surface area contributed by atoms with Crippen LogP contribution in [0.1, 0.15) is 25.7 Å². The second-order valence-corrected chi connectivity index (χ2v) is 4.84. The topological polar surface area (TPSA) is 59.5 Å². The monoisotopic (exact) mass is 245 g/mol. The second kappa shape index (κ2) is 4.94. The number of anilines is 1. The molecule has 0 radical (unpaired) electrons. The summed E-state index contributed by atoms with van der Waals surface area (Å²) in [7, 11) is 0. The van der Waals surface area contributed by atoms with E-state index in [1.54, 1.807) is 0 Å². The number of pyridine rings is 1. The lowest BCUT2D eigenvalue weighted by Crippen LogP contribution is -2.41. The molecule has 0 aromatic carbocycles. The maximum atomic E-state index is 5.70. The van der Waals surface area contributed by atoms with E-state index in [4.69, 9.17) is 5.73 Å². The first-order valence-corrected chi connectivity index (χ1v) is 6.66. The predicted octanol–water partition coefficient (Wildman–Crippen LogP) is 1.44. The van der Waals surface area contributed by atoms with Crippen LogP contribution in [0.25, 0.3) is 5.65 Å². The number of nitrogens with two attached hydrogens (primary N) is 1. The second-order valence-electron chi connectivity index (χ2n) is 4.84. The first-order valence-electron chi connectivity index (χ1n) is 6.66. The molecule has 0 aliphatic carbocycles. The van der Waals surface area contributed by atoms with Crippen LogP contribution in [-0.2, 0) is 0 Å². The molecule has 2 aromatic heterocycles. The van der Waals surface area contributed by atoms with Crippen LogP contribution in [0.4, 0.5) is 5.95 Å². The standard InChI is InChI=1S/C13H19N5/c14-8-7-11-5-1-3-9-17(11)13-15-12-6-2-4-10-18(12)16-13/h2,4,6,10-11H,1,3,5,7-9,14H2. The van der Waals surface area contributed by atoms with Crippen LogP contribution >= 0.6 is 0 Å². The summed E-state index contributed by atoms with van der Waals surface area (Å²) in [5.41, 5.74) is 6.61. The third-order valence-electron chi connectivity index (χ3n) is 3.61. The Balaban J connectivity index is 1.91. The Morgan fingerprint density at radius 3 is 3.11 bits per heavy atom. The number of hydrogen-bond acceptors (Lipinski definition) is 4. The molecule has 96 valence electrons. The van der Waals surface area contributed by atoms with Crippen molar-refractivity contribution in [1.82, 2.24) is 14.6 Å². The summed E-state index contributed by atoms with van der Waals surface area (Å²) in [5, 5.41) is 4.56. The summed E-state index contributed by atoms with van der Waals surface area (Å²) in [6.07, 6.45) is 6.67. The van der Waals surface area contributed by atoms with Gasteiger partial charge in [0.15, 0.2) is 5.65 Å². The van der Waals surface area contributed by atoms with E-state index >= 15 is 0 Å². The number of rotatable bonds is 3. The molecule has 0 saturated carbocycles. The van der Waals surface area contributed by atoms with Crippen molar-refractivity contribution in [2.24, 2.45) is 5.73 Å². The van der Waals surface area contributed by atoms with E-state index in [9.17, 15) is 0 Å². The Bertz CT molecular complexity index is 486. The summed E-state index contributed by atoms with van der Waals surface area (Å²) in [6.45, 7) is 1.77. The molecule has 5 nitrogen and oxygen atoms in total. The zero-order valence-corrected chi connectivity index (χ0v) is 10.5. The van der Waals surface area contributed by atoms with E-state index in [-0.39, 0.29) is 0 Å². The lowest BCUT2D eigenvalue weighted by Gasteiger charge is -2.34. The molecule has 1 atom stereocenters. The maximum absolute atomic E-state index is 5.70. The molecule has 3 rings (SSSR count). The van der Waals surface area contributed by atoms with Crippen LogP contribution in [0.3, 0.4) is 0 Å². The summed E-state index contributed by atoms with van der Waals surface area (Å²) in [5.74, 6) is 0.847. The molecule has 18 heavy (non-hydrogen) atoms. The first-order chi connectivity index (χ1) is 8.88. The van der Waals surface area contributed by atoms with Gasteiger partial charge in [-0.3, -0.25) is 0 Å². The average molecular weight is 245 g/mol. The zero-order chi connectivity index (χ0) is 12.4. The fourth-order valence-corrected chi connectivity index (χ4v) is 2.70. The Morgan fingerprint density at radius 1 is 1.33 bits per heavy atom. The third kappa shape index (κ3) is 2.06.